The van der Waals surface area contributed by atoms with E-state index in [1.165, 1.54) is 96.3 Å². The maximum absolute atomic E-state index is 12.8. The first-order valence-electron chi connectivity index (χ1n) is 25.7. The van der Waals surface area contributed by atoms with Gasteiger partial charge in [-0.2, -0.15) is 0 Å². The lowest BCUT2D eigenvalue weighted by atomic mass is 10.1. The summed E-state index contributed by atoms with van der Waals surface area (Å²) < 4.78 is 16.7. The quantitative estimate of drug-likeness (QED) is 0.0263. The first-order chi connectivity index (χ1) is 30.5. The van der Waals surface area contributed by atoms with E-state index in [9.17, 15) is 14.4 Å². The molecule has 0 bridgehead atoms. The molecule has 0 fully saturated rings. The third-order valence-electron chi connectivity index (χ3n) is 10.8. The normalized spacial score (nSPS) is 12.8. The van der Waals surface area contributed by atoms with Gasteiger partial charge in [-0.1, -0.05) is 234 Å². The minimum absolute atomic E-state index is 0.0951. The fraction of sp³-hybridized carbons (Fsp3) is 0.696. The fourth-order valence-electron chi connectivity index (χ4n) is 6.87. The molecule has 6 heteroatoms. The van der Waals surface area contributed by atoms with Gasteiger partial charge in [0, 0.05) is 19.3 Å². The second-order valence-corrected chi connectivity index (χ2v) is 16.9. The number of unbranched alkanes of at least 4 members (excludes halogenated alkanes) is 25. The van der Waals surface area contributed by atoms with Crippen LogP contribution < -0.4 is 0 Å². The average Bonchev–Trinajstić information content (AvgIpc) is 3.27. The molecule has 1 unspecified atom stereocenters. The Hall–Kier alpha value is -3.41. The van der Waals surface area contributed by atoms with Gasteiger partial charge in [-0.3, -0.25) is 14.4 Å². The van der Waals surface area contributed by atoms with Crippen molar-refractivity contribution in [3.63, 3.8) is 0 Å². The standard InChI is InChI=1S/C56H94O6/c1-4-7-10-13-16-19-22-24-26-28-29-31-32-34-37-40-43-46-49-55(58)61-52-53(51-60-54(57)48-45-42-39-36-21-18-15-12-9-6-3)62-56(59)50-47-44-41-38-35-33-30-27-25-23-20-17-14-11-8-5-2/h10,13,16,19,22,24,26-31,33,35,53H,4-9,11-12,14-15,17-18,20-21,23,25,32,34,36-52H2,1-3H3/b13-10-,19-16-,24-22-,28-26-,30-27-,31-29-,35-33-. The van der Waals surface area contributed by atoms with Crippen LogP contribution in [0.1, 0.15) is 233 Å². The van der Waals surface area contributed by atoms with Crippen LogP contribution in [0.25, 0.3) is 0 Å². The van der Waals surface area contributed by atoms with E-state index in [4.69, 9.17) is 14.2 Å². The maximum atomic E-state index is 12.8. The molecule has 0 aliphatic heterocycles. The number of ether oxygens (including phenoxy) is 3. The number of carbonyl (C=O) groups is 3. The zero-order valence-electron chi connectivity index (χ0n) is 40.4. The molecule has 1 atom stereocenters. The summed E-state index contributed by atoms with van der Waals surface area (Å²) >= 11 is 0. The van der Waals surface area contributed by atoms with Crippen LogP contribution in [0, 0.1) is 0 Å². The number of hydrogen-bond acceptors (Lipinski definition) is 6. The molecule has 354 valence electrons. The molecule has 0 rings (SSSR count). The molecule has 0 aliphatic carbocycles. The predicted octanol–water partition coefficient (Wildman–Crippen LogP) is 16.8. The van der Waals surface area contributed by atoms with Crippen molar-refractivity contribution in [1.82, 2.24) is 0 Å². The van der Waals surface area contributed by atoms with Gasteiger partial charge in [0.15, 0.2) is 6.10 Å². The molecule has 0 aromatic rings. The van der Waals surface area contributed by atoms with E-state index in [2.05, 4.69) is 81.5 Å². The van der Waals surface area contributed by atoms with Crippen molar-refractivity contribution in [3.8, 4) is 0 Å². The Morgan fingerprint density at radius 3 is 1.00 bits per heavy atom. The van der Waals surface area contributed by atoms with Crippen LogP contribution >= 0.6 is 0 Å². The number of allylic oxidation sites excluding steroid dienone is 14. The Bertz CT molecular complexity index is 1220. The Balaban J connectivity index is 4.46. The van der Waals surface area contributed by atoms with Gasteiger partial charge >= 0.3 is 17.9 Å². The molecule has 0 aromatic carbocycles. The third-order valence-corrected chi connectivity index (χ3v) is 10.8. The van der Waals surface area contributed by atoms with Crippen LogP contribution in [0.5, 0.6) is 0 Å². The van der Waals surface area contributed by atoms with Gasteiger partial charge in [0.25, 0.3) is 0 Å². The lowest BCUT2D eigenvalue weighted by Crippen LogP contribution is -2.30. The van der Waals surface area contributed by atoms with Gasteiger partial charge < -0.3 is 14.2 Å². The number of hydrogen-bond donors (Lipinski definition) is 0. The molecule has 0 saturated carbocycles. The topological polar surface area (TPSA) is 78.9 Å². The molecule has 0 amide bonds. The fourth-order valence-corrected chi connectivity index (χ4v) is 6.87. The summed E-state index contributed by atoms with van der Waals surface area (Å²) in [5, 5.41) is 0. The number of esters is 3. The first kappa shape index (κ1) is 58.6. The van der Waals surface area contributed by atoms with Crippen LogP contribution in [0.4, 0.5) is 0 Å². The van der Waals surface area contributed by atoms with Crippen molar-refractivity contribution in [2.75, 3.05) is 13.2 Å². The van der Waals surface area contributed by atoms with Crippen molar-refractivity contribution in [2.45, 2.75) is 239 Å². The summed E-state index contributed by atoms with van der Waals surface area (Å²) in [7, 11) is 0. The summed E-state index contributed by atoms with van der Waals surface area (Å²) in [6.07, 6.45) is 64.2. The zero-order valence-corrected chi connectivity index (χ0v) is 40.4. The van der Waals surface area contributed by atoms with Gasteiger partial charge in [-0.05, 0) is 64.2 Å². The highest BCUT2D eigenvalue weighted by molar-refractivity contribution is 5.71. The van der Waals surface area contributed by atoms with Crippen LogP contribution in [-0.2, 0) is 28.6 Å². The molecule has 0 aromatic heterocycles. The molecule has 0 aliphatic rings. The second kappa shape index (κ2) is 50.2. The lowest BCUT2D eigenvalue weighted by Gasteiger charge is -2.18. The SMILES string of the molecule is CCC\C=C/C=C\C=C/C=C\C=C/CCCCCCCC(=O)OCC(COC(=O)CCCCCCCCCCCC)OC(=O)CCCCC/C=C\C=C/CCCCCCCCC. The van der Waals surface area contributed by atoms with E-state index in [0.29, 0.717) is 12.8 Å². The second-order valence-electron chi connectivity index (χ2n) is 16.9. The highest BCUT2D eigenvalue weighted by Crippen LogP contribution is 2.14. The summed E-state index contributed by atoms with van der Waals surface area (Å²) in [6.45, 7) is 6.48. The first-order valence-corrected chi connectivity index (χ1v) is 25.7. The van der Waals surface area contributed by atoms with Crippen molar-refractivity contribution in [1.29, 1.82) is 0 Å². The Morgan fingerprint density at radius 2 is 0.613 bits per heavy atom. The van der Waals surface area contributed by atoms with E-state index in [1.807, 2.05) is 24.3 Å². The minimum Gasteiger partial charge on any atom is -0.462 e. The predicted molar refractivity (Wildman–Crippen MR) is 265 cm³/mol. The number of rotatable bonds is 45. The summed E-state index contributed by atoms with van der Waals surface area (Å²) in [6, 6.07) is 0. The molecular weight excluding hydrogens is 769 g/mol. The molecule has 0 heterocycles. The van der Waals surface area contributed by atoms with Crippen LogP contribution in [0.15, 0.2) is 85.1 Å². The minimum atomic E-state index is -0.799. The van der Waals surface area contributed by atoms with Gasteiger partial charge in [0.1, 0.15) is 13.2 Å². The highest BCUT2D eigenvalue weighted by Gasteiger charge is 2.19. The lowest BCUT2D eigenvalue weighted by molar-refractivity contribution is -0.167. The van der Waals surface area contributed by atoms with Crippen molar-refractivity contribution < 1.29 is 28.6 Å². The van der Waals surface area contributed by atoms with E-state index in [-0.39, 0.29) is 37.5 Å². The third kappa shape index (κ3) is 47.6. The molecule has 62 heavy (non-hydrogen) atoms. The Labute approximate surface area is 382 Å². The monoisotopic (exact) mass is 863 g/mol. The van der Waals surface area contributed by atoms with Crippen LogP contribution in [0.3, 0.4) is 0 Å². The zero-order chi connectivity index (χ0) is 45.1. The van der Waals surface area contributed by atoms with Gasteiger partial charge in [0.2, 0.25) is 0 Å². The molecule has 6 nitrogen and oxygen atoms in total. The van der Waals surface area contributed by atoms with E-state index < -0.39 is 6.10 Å². The van der Waals surface area contributed by atoms with Crippen molar-refractivity contribution >= 4 is 17.9 Å². The van der Waals surface area contributed by atoms with Crippen LogP contribution in [-0.4, -0.2) is 37.2 Å². The molecule has 0 N–H and O–H groups in total. The van der Waals surface area contributed by atoms with Crippen molar-refractivity contribution in [2.24, 2.45) is 0 Å². The summed E-state index contributed by atoms with van der Waals surface area (Å²) in [5.41, 5.74) is 0. The van der Waals surface area contributed by atoms with Gasteiger partial charge in [-0.15, -0.1) is 0 Å². The maximum Gasteiger partial charge on any atom is 0.306 e. The number of carbonyl (C=O) groups excluding carboxylic acids is 3. The summed E-state index contributed by atoms with van der Waals surface area (Å²) in [4.78, 5) is 37.9. The highest BCUT2D eigenvalue weighted by atomic mass is 16.6. The summed E-state index contributed by atoms with van der Waals surface area (Å²) in [5.74, 6) is -0.950. The van der Waals surface area contributed by atoms with E-state index in [0.717, 1.165) is 96.3 Å². The largest absolute Gasteiger partial charge is 0.462 e. The van der Waals surface area contributed by atoms with Crippen molar-refractivity contribution in [3.05, 3.63) is 85.1 Å². The van der Waals surface area contributed by atoms with Gasteiger partial charge in [0.05, 0.1) is 0 Å². The van der Waals surface area contributed by atoms with Gasteiger partial charge in [-0.25, -0.2) is 0 Å². The Kier molecular flexibility index (Phi) is 47.5. The molecule has 0 radical (unpaired) electrons. The molecule has 0 saturated heterocycles. The Morgan fingerprint density at radius 1 is 0.323 bits per heavy atom. The molecule has 0 spiro atoms. The van der Waals surface area contributed by atoms with Crippen LogP contribution in [0.2, 0.25) is 0 Å². The smallest absolute Gasteiger partial charge is 0.306 e. The molecular formula is C56H94O6. The average molecular weight is 863 g/mol. The van der Waals surface area contributed by atoms with E-state index in [1.54, 1.807) is 0 Å². The van der Waals surface area contributed by atoms with E-state index >= 15 is 0 Å².